The quantitative estimate of drug-likeness (QED) is 0.688. The number of ether oxygens (including phenoxy) is 1. The van der Waals surface area contributed by atoms with Crippen molar-refractivity contribution in [2.75, 3.05) is 0 Å². The van der Waals surface area contributed by atoms with E-state index < -0.39 is 0 Å². The maximum atomic E-state index is 5.76. The Morgan fingerprint density at radius 1 is 0.833 bits per heavy atom. The minimum Gasteiger partial charge on any atom is -0.489 e. The largest absolute Gasteiger partial charge is 0.489 e. The number of rotatable bonds is 3. The van der Waals surface area contributed by atoms with Gasteiger partial charge in [0.2, 0.25) is 0 Å². The van der Waals surface area contributed by atoms with E-state index in [-0.39, 0.29) is 0 Å². The fourth-order valence-electron chi connectivity index (χ4n) is 1.97. The fourth-order valence-corrected chi connectivity index (χ4v) is 1.97. The Hall–Kier alpha value is -2.35. The number of fused-ring (bicyclic) bond motifs is 1. The van der Waals surface area contributed by atoms with Crippen molar-refractivity contribution < 1.29 is 4.74 Å². The molecule has 0 saturated heterocycles. The molecular weight excluding hydrogens is 222 g/mol. The smallest absolute Gasteiger partial charge is 0.119 e. The summed E-state index contributed by atoms with van der Waals surface area (Å²) in [6.45, 7) is 0.540. The van der Waals surface area contributed by atoms with Gasteiger partial charge in [-0.2, -0.15) is 0 Å². The zero-order valence-corrected chi connectivity index (χ0v) is 9.91. The molecule has 1 aromatic heterocycles. The maximum absolute atomic E-state index is 5.76. The van der Waals surface area contributed by atoms with Gasteiger partial charge in [-0.05, 0) is 17.5 Å². The Kier molecular flexibility index (Phi) is 2.92. The Morgan fingerprint density at radius 3 is 2.50 bits per heavy atom. The van der Waals surface area contributed by atoms with E-state index in [1.165, 1.54) is 5.39 Å². The minimum absolute atomic E-state index is 0.540. The average Bonchev–Trinajstić information content (AvgIpc) is 2.46. The number of nitrogens with zero attached hydrogens (tertiary/aromatic N) is 1. The van der Waals surface area contributed by atoms with Crippen molar-refractivity contribution in [3.05, 3.63) is 72.6 Å². The van der Waals surface area contributed by atoms with Gasteiger partial charge < -0.3 is 4.74 Å². The second-order valence-corrected chi connectivity index (χ2v) is 4.12. The van der Waals surface area contributed by atoms with Gasteiger partial charge in [-0.3, -0.25) is 4.98 Å². The van der Waals surface area contributed by atoms with E-state index in [9.17, 15) is 0 Å². The number of hydrogen-bond acceptors (Lipinski definition) is 2. The van der Waals surface area contributed by atoms with Gasteiger partial charge >= 0.3 is 0 Å². The predicted molar refractivity (Wildman–Crippen MR) is 72.5 cm³/mol. The lowest BCUT2D eigenvalue weighted by atomic mass is 10.1. The van der Waals surface area contributed by atoms with Gasteiger partial charge in [0, 0.05) is 23.3 Å². The third kappa shape index (κ3) is 2.18. The van der Waals surface area contributed by atoms with Crippen LogP contribution in [-0.4, -0.2) is 4.98 Å². The molecule has 3 aromatic rings. The summed E-state index contributed by atoms with van der Waals surface area (Å²) >= 11 is 0. The summed E-state index contributed by atoms with van der Waals surface area (Å²) in [6, 6.07) is 18.0. The molecule has 0 atom stereocenters. The Balaban J connectivity index is 1.87. The van der Waals surface area contributed by atoms with Crippen LogP contribution in [0.5, 0.6) is 5.75 Å². The molecule has 0 saturated carbocycles. The van der Waals surface area contributed by atoms with Gasteiger partial charge in [0.15, 0.2) is 0 Å². The Morgan fingerprint density at radius 2 is 1.61 bits per heavy atom. The number of aromatic nitrogens is 1. The molecule has 0 aliphatic heterocycles. The van der Waals surface area contributed by atoms with Crippen LogP contribution in [0.25, 0.3) is 10.8 Å². The standard InChI is InChI=1S/C16H13NO/c1-2-7-15(8-3-1)18-12-14-11-17-10-13-6-4-5-9-16(13)14/h1-11H,12H2. The molecule has 3 rings (SSSR count). The number of hydrogen-bond donors (Lipinski definition) is 0. The first-order valence-electron chi connectivity index (χ1n) is 5.93. The Bertz CT molecular complexity index is 644. The molecule has 0 spiro atoms. The maximum Gasteiger partial charge on any atom is 0.119 e. The van der Waals surface area contributed by atoms with E-state index >= 15 is 0 Å². The summed E-state index contributed by atoms with van der Waals surface area (Å²) in [5, 5.41) is 2.34. The van der Waals surface area contributed by atoms with E-state index in [1.807, 2.05) is 54.9 Å². The highest BCUT2D eigenvalue weighted by molar-refractivity contribution is 5.84. The highest BCUT2D eigenvalue weighted by Crippen LogP contribution is 2.19. The molecule has 2 aromatic carbocycles. The summed E-state index contributed by atoms with van der Waals surface area (Å²) < 4.78 is 5.76. The van der Waals surface area contributed by atoms with Crippen molar-refractivity contribution >= 4 is 10.8 Å². The van der Waals surface area contributed by atoms with Crippen LogP contribution in [0.3, 0.4) is 0 Å². The monoisotopic (exact) mass is 235 g/mol. The zero-order valence-electron chi connectivity index (χ0n) is 9.91. The van der Waals surface area contributed by atoms with Crippen LogP contribution < -0.4 is 4.74 Å². The van der Waals surface area contributed by atoms with Crippen LogP contribution in [0.2, 0.25) is 0 Å². The first-order chi connectivity index (χ1) is 8.93. The number of pyridine rings is 1. The van der Waals surface area contributed by atoms with E-state index in [0.717, 1.165) is 16.7 Å². The van der Waals surface area contributed by atoms with Crippen LogP contribution >= 0.6 is 0 Å². The average molecular weight is 235 g/mol. The molecule has 0 amide bonds. The van der Waals surface area contributed by atoms with Crippen molar-refractivity contribution in [1.29, 1.82) is 0 Å². The summed E-state index contributed by atoms with van der Waals surface area (Å²) in [4.78, 5) is 4.25. The van der Waals surface area contributed by atoms with Gasteiger partial charge in [-0.15, -0.1) is 0 Å². The molecule has 88 valence electrons. The summed E-state index contributed by atoms with van der Waals surface area (Å²) in [6.07, 6.45) is 3.74. The van der Waals surface area contributed by atoms with Crippen molar-refractivity contribution in [3.8, 4) is 5.75 Å². The molecule has 2 heteroatoms. The van der Waals surface area contributed by atoms with Crippen LogP contribution in [0, 0.1) is 0 Å². The normalized spacial score (nSPS) is 10.4. The van der Waals surface area contributed by atoms with Gasteiger partial charge in [0.1, 0.15) is 12.4 Å². The molecule has 0 aliphatic rings. The summed E-state index contributed by atoms with van der Waals surface area (Å²) in [5.74, 6) is 0.880. The molecular formula is C16H13NO. The molecule has 0 fully saturated rings. The lowest BCUT2D eigenvalue weighted by Gasteiger charge is -2.08. The molecule has 0 bridgehead atoms. The molecule has 2 nitrogen and oxygen atoms in total. The van der Waals surface area contributed by atoms with Crippen molar-refractivity contribution in [3.63, 3.8) is 0 Å². The molecule has 0 radical (unpaired) electrons. The number of benzene rings is 2. The highest BCUT2D eigenvalue weighted by Gasteiger charge is 2.01. The van der Waals surface area contributed by atoms with E-state index in [4.69, 9.17) is 4.74 Å². The minimum atomic E-state index is 0.540. The first kappa shape index (κ1) is 10.8. The fraction of sp³-hybridized carbons (Fsp3) is 0.0625. The summed E-state index contributed by atoms with van der Waals surface area (Å²) in [5.41, 5.74) is 1.11. The van der Waals surface area contributed by atoms with Gasteiger partial charge in [0.25, 0.3) is 0 Å². The third-order valence-electron chi connectivity index (χ3n) is 2.89. The van der Waals surface area contributed by atoms with Crippen LogP contribution in [0.15, 0.2) is 67.0 Å². The van der Waals surface area contributed by atoms with E-state index in [1.54, 1.807) is 0 Å². The second-order valence-electron chi connectivity index (χ2n) is 4.12. The Labute approximate surface area is 106 Å². The van der Waals surface area contributed by atoms with Crippen molar-refractivity contribution in [1.82, 2.24) is 4.98 Å². The van der Waals surface area contributed by atoms with Crippen molar-refractivity contribution in [2.45, 2.75) is 6.61 Å². The predicted octanol–water partition coefficient (Wildman–Crippen LogP) is 3.81. The molecule has 18 heavy (non-hydrogen) atoms. The number of para-hydroxylation sites is 1. The van der Waals surface area contributed by atoms with Gasteiger partial charge in [0.05, 0.1) is 0 Å². The van der Waals surface area contributed by atoms with Crippen LogP contribution in [0.4, 0.5) is 0 Å². The molecule has 1 heterocycles. The third-order valence-corrected chi connectivity index (χ3v) is 2.89. The van der Waals surface area contributed by atoms with Gasteiger partial charge in [-0.25, -0.2) is 0 Å². The zero-order chi connectivity index (χ0) is 12.2. The molecule has 0 aliphatic carbocycles. The van der Waals surface area contributed by atoms with E-state index in [2.05, 4.69) is 17.1 Å². The van der Waals surface area contributed by atoms with Gasteiger partial charge in [-0.1, -0.05) is 42.5 Å². The highest BCUT2D eigenvalue weighted by atomic mass is 16.5. The molecule has 0 unspecified atom stereocenters. The van der Waals surface area contributed by atoms with Crippen LogP contribution in [-0.2, 0) is 6.61 Å². The van der Waals surface area contributed by atoms with Crippen molar-refractivity contribution in [2.24, 2.45) is 0 Å². The summed E-state index contributed by atoms with van der Waals surface area (Å²) in [7, 11) is 0. The second kappa shape index (κ2) is 4.88. The topological polar surface area (TPSA) is 22.1 Å². The first-order valence-corrected chi connectivity index (χ1v) is 5.93. The SMILES string of the molecule is c1ccc(OCc2cncc3ccccc23)cc1. The molecule has 0 N–H and O–H groups in total. The lowest BCUT2D eigenvalue weighted by molar-refractivity contribution is 0.307. The van der Waals surface area contributed by atoms with Crippen LogP contribution in [0.1, 0.15) is 5.56 Å². The van der Waals surface area contributed by atoms with E-state index in [0.29, 0.717) is 6.61 Å². The lowest BCUT2D eigenvalue weighted by Crippen LogP contribution is -1.97.